The fraction of sp³-hybridized carbons (Fsp3) is 0.200. The van der Waals surface area contributed by atoms with E-state index in [-0.39, 0.29) is 12.4 Å². The Morgan fingerprint density at radius 2 is 1.95 bits per heavy atom. The number of benzene rings is 2. The van der Waals surface area contributed by atoms with E-state index in [9.17, 15) is 4.39 Å². The Labute approximate surface area is 134 Å². The Balaban J connectivity index is 2.19. The highest BCUT2D eigenvalue weighted by molar-refractivity contribution is 9.10. The Bertz CT molecular complexity index is 602. The molecule has 0 saturated heterocycles. The maximum atomic E-state index is 13.4. The maximum Gasteiger partial charge on any atom is 0.137 e. The molecule has 0 N–H and O–H groups in total. The molecule has 0 aromatic heterocycles. The molecule has 0 amide bonds. The molecule has 0 aliphatic carbocycles. The molecule has 2 rings (SSSR count). The van der Waals surface area contributed by atoms with Gasteiger partial charge in [0.15, 0.2) is 0 Å². The summed E-state index contributed by atoms with van der Waals surface area (Å²) >= 11 is 6.65. The standard InChI is InChI=1S/C15H13Br2FO2/c1-19-12-6-5-10(8-16)14(7-12)20-9-11-3-2-4-13(18)15(11)17/h2-7H,8-9H2,1H3. The summed E-state index contributed by atoms with van der Waals surface area (Å²) in [6.45, 7) is 0.283. The summed E-state index contributed by atoms with van der Waals surface area (Å²) in [5.74, 6) is 1.15. The molecule has 2 aromatic rings. The summed E-state index contributed by atoms with van der Waals surface area (Å²) in [5.41, 5.74) is 1.77. The second-order valence-corrected chi connectivity index (χ2v) is 5.46. The minimum absolute atomic E-state index is 0.283. The predicted octanol–water partition coefficient (Wildman–Crippen LogP) is 5.07. The Morgan fingerprint density at radius 1 is 1.15 bits per heavy atom. The summed E-state index contributed by atoms with van der Waals surface area (Å²) in [7, 11) is 1.61. The minimum Gasteiger partial charge on any atom is -0.497 e. The van der Waals surface area contributed by atoms with Crippen LogP contribution in [0.2, 0.25) is 0 Å². The van der Waals surface area contributed by atoms with Gasteiger partial charge in [-0.2, -0.15) is 0 Å². The lowest BCUT2D eigenvalue weighted by molar-refractivity contribution is 0.300. The fourth-order valence-electron chi connectivity index (χ4n) is 1.72. The van der Waals surface area contributed by atoms with E-state index in [4.69, 9.17) is 9.47 Å². The topological polar surface area (TPSA) is 18.5 Å². The summed E-state index contributed by atoms with van der Waals surface area (Å²) in [6, 6.07) is 10.5. The quantitative estimate of drug-likeness (QED) is 0.648. The van der Waals surface area contributed by atoms with Crippen LogP contribution < -0.4 is 9.47 Å². The third-order valence-electron chi connectivity index (χ3n) is 2.83. The van der Waals surface area contributed by atoms with Gasteiger partial charge < -0.3 is 9.47 Å². The van der Waals surface area contributed by atoms with E-state index < -0.39 is 0 Å². The second kappa shape index (κ2) is 7.09. The van der Waals surface area contributed by atoms with Crippen molar-refractivity contribution in [2.75, 3.05) is 7.11 Å². The monoisotopic (exact) mass is 402 g/mol. The van der Waals surface area contributed by atoms with Crippen LogP contribution in [0.1, 0.15) is 11.1 Å². The van der Waals surface area contributed by atoms with Gasteiger partial charge in [-0.05, 0) is 28.1 Å². The van der Waals surface area contributed by atoms with E-state index >= 15 is 0 Å². The van der Waals surface area contributed by atoms with E-state index in [0.717, 1.165) is 22.6 Å². The van der Waals surface area contributed by atoms with Crippen LogP contribution in [0.25, 0.3) is 0 Å². The third-order valence-corrected chi connectivity index (χ3v) is 4.33. The van der Waals surface area contributed by atoms with Gasteiger partial charge in [-0.3, -0.25) is 0 Å². The van der Waals surface area contributed by atoms with Gasteiger partial charge in [0.05, 0.1) is 11.6 Å². The highest BCUT2D eigenvalue weighted by atomic mass is 79.9. The number of alkyl halides is 1. The summed E-state index contributed by atoms with van der Waals surface area (Å²) in [5, 5.41) is 0.677. The van der Waals surface area contributed by atoms with Crippen molar-refractivity contribution in [2.24, 2.45) is 0 Å². The van der Waals surface area contributed by atoms with Crippen molar-refractivity contribution < 1.29 is 13.9 Å². The number of hydrogen-bond donors (Lipinski definition) is 0. The number of halogens is 3. The first kappa shape index (κ1) is 15.3. The van der Waals surface area contributed by atoms with Crippen LogP contribution in [-0.2, 0) is 11.9 Å². The first-order valence-corrected chi connectivity index (χ1v) is 7.85. The van der Waals surface area contributed by atoms with Crippen LogP contribution in [0.4, 0.5) is 4.39 Å². The molecule has 0 bridgehead atoms. The van der Waals surface area contributed by atoms with Gasteiger partial charge in [0.2, 0.25) is 0 Å². The van der Waals surface area contributed by atoms with Crippen molar-refractivity contribution in [1.82, 2.24) is 0 Å². The summed E-state index contributed by atoms with van der Waals surface area (Å²) in [4.78, 5) is 0. The van der Waals surface area contributed by atoms with E-state index in [2.05, 4.69) is 31.9 Å². The van der Waals surface area contributed by atoms with E-state index in [1.165, 1.54) is 6.07 Å². The molecule has 2 aromatic carbocycles. The van der Waals surface area contributed by atoms with Gasteiger partial charge in [0.1, 0.15) is 23.9 Å². The van der Waals surface area contributed by atoms with Crippen LogP contribution in [0, 0.1) is 5.82 Å². The highest BCUT2D eigenvalue weighted by Crippen LogP contribution is 2.28. The zero-order valence-corrected chi connectivity index (χ0v) is 14.0. The van der Waals surface area contributed by atoms with Gasteiger partial charge in [-0.15, -0.1) is 0 Å². The zero-order valence-electron chi connectivity index (χ0n) is 10.8. The SMILES string of the molecule is COc1ccc(CBr)c(OCc2cccc(F)c2Br)c1. The molecule has 0 atom stereocenters. The Morgan fingerprint density at radius 3 is 2.65 bits per heavy atom. The van der Waals surface area contributed by atoms with Crippen molar-refractivity contribution in [3.8, 4) is 11.5 Å². The van der Waals surface area contributed by atoms with Crippen LogP contribution in [0.15, 0.2) is 40.9 Å². The van der Waals surface area contributed by atoms with Gasteiger partial charge in [0, 0.05) is 22.5 Å². The van der Waals surface area contributed by atoms with Crippen molar-refractivity contribution >= 4 is 31.9 Å². The van der Waals surface area contributed by atoms with Crippen molar-refractivity contribution in [3.05, 3.63) is 57.8 Å². The third kappa shape index (κ3) is 3.52. The fourth-order valence-corrected chi connectivity index (χ4v) is 2.56. The lowest BCUT2D eigenvalue weighted by atomic mass is 10.2. The molecule has 0 aliphatic heterocycles. The lowest BCUT2D eigenvalue weighted by Gasteiger charge is -2.12. The molecular weight excluding hydrogens is 391 g/mol. The molecule has 2 nitrogen and oxygen atoms in total. The van der Waals surface area contributed by atoms with Gasteiger partial charge in [-0.1, -0.05) is 34.1 Å². The number of methoxy groups -OCH3 is 1. The molecule has 5 heteroatoms. The first-order chi connectivity index (χ1) is 9.65. The smallest absolute Gasteiger partial charge is 0.137 e. The maximum absolute atomic E-state index is 13.4. The highest BCUT2D eigenvalue weighted by Gasteiger charge is 2.09. The average molecular weight is 404 g/mol. The molecule has 20 heavy (non-hydrogen) atoms. The molecule has 0 unspecified atom stereocenters. The molecule has 0 saturated carbocycles. The number of hydrogen-bond acceptors (Lipinski definition) is 2. The zero-order chi connectivity index (χ0) is 14.5. The van der Waals surface area contributed by atoms with Crippen LogP contribution in [0.3, 0.4) is 0 Å². The van der Waals surface area contributed by atoms with Crippen molar-refractivity contribution in [3.63, 3.8) is 0 Å². The summed E-state index contributed by atoms with van der Waals surface area (Å²) < 4.78 is 24.8. The average Bonchev–Trinajstić information content (AvgIpc) is 2.48. The lowest BCUT2D eigenvalue weighted by Crippen LogP contribution is -2.00. The molecular formula is C15H13Br2FO2. The summed E-state index contributed by atoms with van der Waals surface area (Å²) in [6.07, 6.45) is 0. The Hall–Kier alpha value is -1.07. The molecule has 0 fully saturated rings. The largest absolute Gasteiger partial charge is 0.497 e. The van der Waals surface area contributed by atoms with E-state index in [1.807, 2.05) is 24.3 Å². The van der Waals surface area contributed by atoms with Gasteiger partial charge in [-0.25, -0.2) is 4.39 Å². The normalized spacial score (nSPS) is 10.4. The number of ether oxygens (including phenoxy) is 2. The van der Waals surface area contributed by atoms with Crippen LogP contribution in [0.5, 0.6) is 11.5 Å². The molecule has 0 spiro atoms. The van der Waals surface area contributed by atoms with Crippen LogP contribution >= 0.6 is 31.9 Å². The second-order valence-electron chi connectivity index (χ2n) is 4.11. The van der Waals surface area contributed by atoms with Gasteiger partial charge >= 0.3 is 0 Å². The number of rotatable bonds is 5. The first-order valence-electron chi connectivity index (χ1n) is 5.94. The van der Waals surface area contributed by atoms with Gasteiger partial charge in [0.25, 0.3) is 0 Å². The molecule has 0 radical (unpaired) electrons. The minimum atomic E-state index is -0.294. The van der Waals surface area contributed by atoms with E-state index in [1.54, 1.807) is 13.2 Å². The Kier molecular flexibility index (Phi) is 5.43. The molecule has 0 aliphatic rings. The van der Waals surface area contributed by atoms with E-state index in [0.29, 0.717) is 9.80 Å². The van der Waals surface area contributed by atoms with Crippen LogP contribution in [-0.4, -0.2) is 7.11 Å². The van der Waals surface area contributed by atoms with Crippen molar-refractivity contribution in [2.45, 2.75) is 11.9 Å². The van der Waals surface area contributed by atoms with Crippen molar-refractivity contribution in [1.29, 1.82) is 0 Å². The molecule has 106 valence electrons. The molecule has 0 heterocycles. The predicted molar refractivity (Wildman–Crippen MR) is 84.1 cm³/mol.